The Labute approximate surface area is 207 Å². The third-order valence-electron chi connectivity index (χ3n) is 5.67. The number of hydrogen-bond acceptors (Lipinski definition) is 5. The van der Waals surface area contributed by atoms with Crippen LogP contribution in [0.1, 0.15) is 150 Å². The van der Waals surface area contributed by atoms with Gasteiger partial charge in [0, 0.05) is 26.2 Å². The summed E-state index contributed by atoms with van der Waals surface area (Å²) in [6, 6.07) is 0. The lowest BCUT2D eigenvalue weighted by atomic mass is 10.0. The number of carbonyl (C=O) groups excluding carboxylic acids is 1. The van der Waals surface area contributed by atoms with E-state index in [1.54, 1.807) is 0 Å². The second kappa shape index (κ2) is 24.7. The maximum atomic E-state index is 12.5. The van der Waals surface area contributed by atoms with Crippen LogP contribution in [0.25, 0.3) is 0 Å². The van der Waals surface area contributed by atoms with E-state index in [-0.39, 0.29) is 5.97 Å². The molecule has 5 nitrogen and oxygen atoms in total. The Morgan fingerprint density at radius 3 is 1.15 bits per heavy atom. The van der Waals surface area contributed by atoms with Gasteiger partial charge in [-0.2, -0.15) is 0 Å². The lowest BCUT2D eigenvalue weighted by Crippen LogP contribution is -2.51. The Morgan fingerprint density at radius 2 is 0.818 bits per heavy atom. The summed E-state index contributed by atoms with van der Waals surface area (Å²) in [6.07, 6.45) is 22.6. The normalized spacial score (nSPS) is 11.8. The summed E-state index contributed by atoms with van der Waals surface area (Å²) in [5.41, 5.74) is 0. The maximum Gasteiger partial charge on any atom is 0.751 e. The standard InChI is InChI=1S/C27H56O5Si/c1-5-9-10-11-12-13-14-15-16-17-18-19-20-21-22-23-27(28)32-33(29-24-6-2,30-25-7-3)31-26-8-4/h5-26H2,1-4H3. The molecule has 0 amide bonds. The molecule has 0 saturated carbocycles. The first-order valence-corrected chi connectivity index (χ1v) is 15.9. The Bertz CT molecular complexity index is 398. The van der Waals surface area contributed by atoms with E-state index in [4.69, 9.17) is 17.7 Å². The van der Waals surface area contributed by atoms with Crippen LogP contribution in [0.5, 0.6) is 0 Å². The highest BCUT2D eigenvalue weighted by Gasteiger charge is 2.49. The molecular weight excluding hydrogens is 432 g/mol. The maximum absolute atomic E-state index is 12.5. The summed E-state index contributed by atoms with van der Waals surface area (Å²) in [6.45, 7) is 9.78. The van der Waals surface area contributed by atoms with Crippen molar-refractivity contribution >= 4 is 15.0 Å². The van der Waals surface area contributed by atoms with Crippen LogP contribution < -0.4 is 0 Å². The van der Waals surface area contributed by atoms with E-state index >= 15 is 0 Å². The number of hydrogen-bond donors (Lipinski definition) is 0. The van der Waals surface area contributed by atoms with E-state index in [0.717, 1.165) is 32.1 Å². The first kappa shape index (κ1) is 32.6. The molecule has 0 rings (SSSR count). The lowest BCUT2D eigenvalue weighted by Gasteiger charge is -2.27. The largest absolute Gasteiger partial charge is 0.751 e. The number of rotatable bonds is 26. The van der Waals surface area contributed by atoms with Gasteiger partial charge < -0.3 is 17.7 Å². The van der Waals surface area contributed by atoms with Gasteiger partial charge in [0.1, 0.15) is 0 Å². The van der Waals surface area contributed by atoms with E-state index in [2.05, 4.69) is 6.92 Å². The number of carbonyl (C=O) groups is 1. The first-order chi connectivity index (χ1) is 16.1. The minimum Gasteiger partial charge on any atom is -0.452 e. The zero-order valence-electron chi connectivity index (χ0n) is 22.6. The Morgan fingerprint density at radius 1 is 0.485 bits per heavy atom. The van der Waals surface area contributed by atoms with Gasteiger partial charge in [-0.25, -0.2) is 0 Å². The first-order valence-electron chi connectivity index (χ1n) is 14.3. The molecule has 6 heteroatoms. The van der Waals surface area contributed by atoms with Crippen LogP contribution in [-0.2, 0) is 22.5 Å². The molecule has 0 aliphatic rings. The molecule has 0 fully saturated rings. The predicted octanol–water partition coefficient (Wildman–Crippen LogP) is 8.51. The molecule has 0 aromatic carbocycles. The summed E-state index contributed by atoms with van der Waals surface area (Å²) < 4.78 is 23.2. The fraction of sp³-hybridized carbons (Fsp3) is 0.963. The van der Waals surface area contributed by atoms with Crippen molar-refractivity contribution in [1.29, 1.82) is 0 Å². The van der Waals surface area contributed by atoms with Crippen molar-refractivity contribution in [2.24, 2.45) is 0 Å². The SMILES string of the molecule is CCCCCCCCCCCCCCCCCC(=O)O[Si](OCCC)(OCCC)OCCC. The third-order valence-corrected chi connectivity index (χ3v) is 7.82. The summed E-state index contributed by atoms with van der Waals surface area (Å²) in [4.78, 5) is 12.5. The van der Waals surface area contributed by atoms with Gasteiger partial charge in [0.2, 0.25) is 0 Å². The lowest BCUT2D eigenvalue weighted by molar-refractivity contribution is -0.145. The van der Waals surface area contributed by atoms with Gasteiger partial charge >= 0.3 is 9.05 Å². The molecule has 0 unspecified atom stereocenters. The highest BCUT2D eigenvalue weighted by Crippen LogP contribution is 2.17. The Kier molecular flexibility index (Phi) is 24.4. The van der Waals surface area contributed by atoms with Crippen LogP contribution in [0.15, 0.2) is 0 Å². The molecule has 0 atom stereocenters. The summed E-state index contributed by atoms with van der Waals surface area (Å²) in [5.74, 6) is -0.250. The monoisotopic (exact) mass is 488 g/mol. The van der Waals surface area contributed by atoms with Crippen LogP contribution in [0.2, 0.25) is 0 Å². The van der Waals surface area contributed by atoms with Crippen molar-refractivity contribution in [3.05, 3.63) is 0 Å². The highest BCUT2D eigenvalue weighted by atomic mass is 28.4. The van der Waals surface area contributed by atoms with Gasteiger partial charge in [-0.1, -0.05) is 118 Å². The predicted molar refractivity (Wildman–Crippen MR) is 140 cm³/mol. The van der Waals surface area contributed by atoms with Gasteiger partial charge in [0.25, 0.3) is 5.97 Å². The molecule has 198 valence electrons. The average molecular weight is 489 g/mol. The van der Waals surface area contributed by atoms with Crippen molar-refractivity contribution in [1.82, 2.24) is 0 Å². The van der Waals surface area contributed by atoms with Crippen LogP contribution in [0.3, 0.4) is 0 Å². The van der Waals surface area contributed by atoms with Gasteiger partial charge in [0.05, 0.1) is 0 Å². The average Bonchev–Trinajstić information content (AvgIpc) is 2.82. The van der Waals surface area contributed by atoms with Crippen molar-refractivity contribution in [2.45, 2.75) is 150 Å². The van der Waals surface area contributed by atoms with Crippen LogP contribution in [0, 0.1) is 0 Å². The molecule has 0 aromatic rings. The van der Waals surface area contributed by atoms with E-state index in [9.17, 15) is 4.79 Å². The number of unbranched alkanes of at least 4 members (excludes halogenated alkanes) is 14. The van der Waals surface area contributed by atoms with E-state index < -0.39 is 9.05 Å². The summed E-state index contributed by atoms with van der Waals surface area (Å²) in [7, 11) is -3.38. The van der Waals surface area contributed by atoms with Crippen LogP contribution in [0.4, 0.5) is 0 Å². The highest BCUT2D eigenvalue weighted by molar-refractivity contribution is 6.55. The molecule has 0 heterocycles. The van der Waals surface area contributed by atoms with Crippen molar-refractivity contribution in [3.63, 3.8) is 0 Å². The molecule has 33 heavy (non-hydrogen) atoms. The molecular formula is C27H56O5Si. The summed E-state index contributed by atoms with van der Waals surface area (Å²) in [5, 5.41) is 0. The van der Waals surface area contributed by atoms with Gasteiger partial charge in [0.15, 0.2) is 0 Å². The Hall–Kier alpha value is -0.433. The third kappa shape index (κ3) is 20.6. The zero-order chi connectivity index (χ0) is 24.5. The second-order valence-corrected chi connectivity index (χ2v) is 11.3. The van der Waals surface area contributed by atoms with Crippen molar-refractivity contribution in [3.8, 4) is 0 Å². The Balaban J connectivity index is 3.85. The van der Waals surface area contributed by atoms with E-state index in [1.165, 1.54) is 83.5 Å². The van der Waals surface area contributed by atoms with Gasteiger partial charge in [-0.05, 0) is 25.7 Å². The van der Waals surface area contributed by atoms with Crippen LogP contribution in [-0.4, -0.2) is 34.8 Å². The quantitative estimate of drug-likeness (QED) is 0.0902. The van der Waals surface area contributed by atoms with Gasteiger partial charge in [-0.15, -0.1) is 0 Å². The van der Waals surface area contributed by atoms with E-state index in [1.807, 2.05) is 20.8 Å². The van der Waals surface area contributed by atoms with E-state index in [0.29, 0.717) is 26.2 Å². The fourth-order valence-corrected chi connectivity index (χ4v) is 5.90. The van der Waals surface area contributed by atoms with Crippen molar-refractivity contribution in [2.75, 3.05) is 19.8 Å². The molecule has 0 bridgehead atoms. The molecule has 0 saturated heterocycles. The molecule has 0 radical (unpaired) electrons. The van der Waals surface area contributed by atoms with Gasteiger partial charge in [-0.3, -0.25) is 4.79 Å². The molecule has 0 N–H and O–H groups in total. The molecule has 0 aliphatic heterocycles. The smallest absolute Gasteiger partial charge is 0.452 e. The summed E-state index contributed by atoms with van der Waals surface area (Å²) >= 11 is 0. The topological polar surface area (TPSA) is 54.0 Å². The zero-order valence-corrected chi connectivity index (χ0v) is 23.6. The van der Waals surface area contributed by atoms with Crippen LogP contribution >= 0.6 is 0 Å². The fourth-order valence-electron chi connectivity index (χ4n) is 3.73. The molecule has 0 aromatic heterocycles. The van der Waals surface area contributed by atoms with Crippen molar-refractivity contribution < 1.29 is 22.5 Å². The minimum atomic E-state index is -3.38. The molecule has 0 spiro atoms. The second-order valence-electron chi connectivity index (χ2n) is 9.22. The minimum absolute atomic E-state index is 0.250. The molecule has 0 aliphatic carbocycles.